The highest BCUT2D eigenvalue weighted by Crippen LogP contribution is 2.31. The van der Waals surface area contributed by atoms with Gasteiger partial charge in [-0.2, -0.15) is 10.1 Å². The van der Waals surface area contributed by atoms with Gasteiger partial charge in [0.05, 0.1) is 11.7 Å². The Kier molecular flexibility index (Phi) is 4.29. The summed E-state index contributed by atoms with van der Waals surface area (Å²) in [4.78, 5) is 22.5. The van der Waals surface area contributed by atoms with Crippen LogP contribution in [0, 0.1) is 6.92 Å². The van der Waals surface area contributed by atoms with E-state index in [1.807, 2.05) is 4.68 Å². The Balaban J connectivity index is 1.61. The fourth-order valence-electron chi connectivity index (χ4n) is 3.99. The number of anilines is 1. The Bertz CT molecular complexity index is 1020. The number of H-pyrrole nitrogens is 1. The summed E-state index contributed by atoms with van der Waals surface area (Å²) >= 11 is 0. The fourth-order valence-corrected chi connectivity index (χ4v) is 3.99. The van der Waals surface area contributed by atoms with Crippen LogP contribution >= 0.6 is 0 Å². The van der Waals surface area contributed by atoms with E-state index in [1.165, 1.54) is 11.1 Å². The van der Waals surface area contributed by atoms with Gasteiger partial charge in [-0.25, -0.2) is 4.68 Å². The molecule has 1 aliphatic rings. The van der Waals surface area contributed by atoms with Crippen LogP contribution in [0.15, 0.2) is 35.3 Å². The average Bonchev–Trinajstić information content (AvgIpc) is 3.07. The van der Waals surface area contributed by atoms with Crippen LogP contribution in [-0.2, 0) is 5.54 Å². The molecule has 3 aromatic rings. The lowest BCUT2D eigenvalue weighted by Crippen LogP contribution is -2.35. The largest absolute Gasteiger partial charge is 0.342 e. The first-order valence-corrected chi connectivity index (χ1v) is 9.63. The van der Waals surface area contributed by atoms with Gasteiger partial charge in [0.25, 0.3) is 5.56 Å². The maximum atomic E-state index is 12.5. The van der Waals surface area contributed by atoms with E-state index in [2.05, 4.69) is 66.9 Å². The molecule has 0 unspecified atom stereocenters. The van der Waals surface area contributed by atoms with Crippen LogP contribution in [-0.4, -0.2) is 32.8 Å². The Morgan fingerprint density at radius 2 is 1.85 bits per heavy atom. The van der Waals surface area contributed by atoms with Crippen molar-refractivity contribution in [1.82, 2.24) is 19.7 Å². The lowest BCUT2D eigenvalue weighted by Gasteiger charge is -2.33. The van der Waals surface area contributed by atoms with E-state index in [4.69, 9.17) is 4.98 Å². The van der Waals surface area contributed by atoms with Crippen LogP contribution in [0.1, 0.15) is 50.7 Å². The number of aromatic nitrogens is 4. The molecule has 1 saturated heterocycles. The number of nitrogens with zero attached hydrogens (tertiary/aromatic N) is 4. The van der Waals surface area contributed by atoms with E-state index in [9.17, 15) is 4.79 Å². The molecule has 0 amide bonds. The molecule has 6 heteroatoms. The first-order chi connectivity index (χ1) is 12.8. The first-order valence-electron chi connectivity index (χ1n) is 9.63. The number of hydrogen-bond donors (Lipinski definition) is 1. The fraction of sp³-hybridized carbons (Fsp3) is 0.476. The van der Waals surface area contributed by atoms with Gasteiger partial charge in [-0.05, 0) is 57.6 Å². The predicted molar refractivity (Wildman–Crippen MR) is 109 cm³/mol. The van der Waals surface area contributed by atoms with E-state index >= 15 is 0 Å². The number of aromatic amines is 1. The van der Waals surface area contributed by atoms with Crippen LogP contribution in [0.3, 0.4) is 0 Å². The molecule has 4 rings (SSSR count). The van der Waals surface area contributed by atoms with E-state index < -0.39 is 0 Å². The first kappa shape index (κ1) is 17.8. The summed E-state index contributed by atoms with van der Waals surface area (Å²) in [6.45, 7) is 10.2. The molecule has 1 aliphatic heterocycles. The van der Waals surface area contributed by atoms with Crippen molar-refractivity contribution < 1.29 is 0 Å². The Morgan fingerprint density at radius 1 is 1.15 bits per heavy atom. The quantitative estimate of drug-likeness (QED) is 0.754. The smallest absolute Gasteiger partial charge is 0.263 e. The Labute approximate surface area is 159 Å². The SMILES string of the molecule is Cc1ccccc1C1CCN(c2nc3c(cnn3C(C)(C)C)c(=O)[nH]2)CC1. The zero-order valence-corrected chi connectivity index (χ0v) is 16.5. The van der Waals surface area contributed by atoms with Gasteiger partial charge in [-0.1, -0.05) is 24.3 Å². The molecular weight excluding hydrogens is 338 g/mol. The van der Waals surface area contributed by atoms with Crippen molar-refractivity contribution in [2.24, 2.45) is 0 Å². The average molecular weight is 365 g/mol. The topological polar surface area (TPSA) is 66.8 Å². The summed E-state index contributed by atoms with van der Waals surface area (Å²) in [7, 11) is 0. The van der Waals surface area contributed by atoms with Gasteiger partial charge < -0.3 is 4.90 Å². The highest BCUT2D eigenvalue weighted by Gasteiger charge is 2.25. The molecule has 2 aromatic heterocycles. The summed E-state index contributed by atoms with van der Waals surface area (Å²) in [5.74, 6) is 1.22. The molecule has 142 valence electrons. The molecule has 1 aromatic carbocycles. The molecule has 1 N–H and O–H groups in total. The highest BCUT2D eigenvalue weighted by molar-refractivity contribution is 5.74. The number of hydrogen-bond acceptors (Lipinski definition) is 4. The molecule has 0 radical (unpaired) electrons. The van der Waals surface area contributed by atoms with Crippen molar-refractivity contribution >= 4 is 17.0 Å². The van der Waals surface area contributed by atoms with Gasteiger partial charge in [-0.15, -0.1) is 0 Å². The third-order valence-corrected chi connectivity index (χ3v) is 5.48. The minimum Gasteiger partial charge on any atom is -0.342 e. The van der Waals surface area contributed by atoms with Gasteiger partial charge in [-0.3, -0.25) is 9.78 Å². The lowest BCUT2D eigenvalue weighted by molar-refractivity contribution is 0.365. The molecule has 27 heavy (non-hydrogen) atoms. The third kappa shape index (κ3) is 3.24. The molecule has 0 aliphatic carbocycles. The minimum atomic E-state index is -0.225. The molecule has 1 fully saturated rings. The lowest BCUT2D eigenvalue weighted by atomic mass is 9.87. The molecule has 0 atom stereocenters. The number of rotatable bonds is 2. The van der Waals surface area contributed by atoms with Crippen molar-refractivity contribution in [3.8, 4) is 0 Å². The molecular formula is C21H27N5O. The van der Waals surface area contributed by atoms with Crippen LogP contribution in [0.5, 0.6) is 0 Å². The van der Waals surface area contributed by atoms with E-state index in [-0.39, 0.29) is 11.1 Å². The Morgan fingerprint density at radius 3 is 2.52 bits per heavy atom. The standard InChI is InChI=1S/C21H27N5O/c1-14-7-5-6-8-16(14)15-9-11-25(12-10-15)20-23-18-17(19(27)24-20)13-22-26(18)21(2,3)4/h5-8,13,15H,9-12H2,1-4H3,(H,23,24,27). The maximum absolute atomic E-state index is 12.5. The second-order valence-electron chi connectivity index (χ2n) is 8.47. The summed E-state index contributed by atoms with van der Waals surface area (Å²) in [5.41, 5.74) is 3.11. The summed E-state index contributed by atoms with van der Waals surface area (Å²) in [5, 5.41) is 4.94. The molecule has 0 spiro atoms. The van der Waals surface area contributed by atoms with Crippen molar-refractivity contribution in [2.45, 2.75) is 52.0 Å². The zero-order valence-electron chi connectivity index (χ0n) is 16.5. The number of fused-ring (bicyclic) bond motifs is 1. The van der Waals surface area contributed by atoms with Crippen LogP contribution < -0.4 is 10.5 Å². The normalized spacial score (nSPS) is 16.2. The van der Waals surface area contributed by atoms with Gasteiger partial charge in [0.2, 0.25) is 5.95 Å². The van der Waals surface area contributed by atoms with Crippen LogP contribution in [0.4, 0.5) is 5.95 Å². The van der Waals surface area contributed by atoms with E-state index in [0.717, 1.165) is 25.9 Å². The Hall–Kier alpha value is -2.63. The van der Waals surface area contributed by atoms with Crippen molar-refractivity contribution in [3.05, 3.63) is 51.9 Å². The molecule has 6 nitrogen and oxygen atoms in total. The van der Waals surface area contributed by atoms with Crippen LogP contribution in [0.2, 0.25) is 0 Å². The van der Waals surface area contributed by atoms with E-state index in [0.29, 0.717) is 22.9 Å². The molecule has 0 bridgehead atoms. The number of benzene rings is 1. The second-order valence-corrected chi connectivity index (χ2v) is 8.47. The summed E-state index contributed by atoms with van der Waals surface area (Å²) in [6.07, 6.45) is 3.73. The summed E-state index contributed by atoms with van der Waals surface area (Å²) in [6, 6.07) is 8.64. The molecule has 3 heterocycles. The predicted octanol–water partition coefficient (Wildman–Crippen LogP) is 3.57. The number of piperidine rings is 1. The van der Waals surface area contributed by atoms with Crippen molar-refractivity contribution in [1.29, 1.82) is 0 Å². The monoisotopic (exact) mass is 365 g/mol. The number of nitrogens with one attached hydrogen (secondary N) is 1. The minimum absolute atomic E-state index is 0.119. The van der Waals surface area contributed by atoms with Crippen molar-refractivity contribution in [3.63, 3.8) is 0 Å². The highest BCUT2D eigenvalue weighted by atomic mass is 16.1. The third-order valence-electron chi connectivity index (χ3n) is 5.48. The molecule has 0 saturated carbocycles. The van der Waals surface area contributed by atoms with Gasteiger partial charge >= 0.3 is 0 Å². The maximum Gasteiger partial charge on any atom is 0.263 e. The van der Waals surface area contributed by atoms with Gasteiger partial charge in [0.15, 0.2) is 5.65 Å². The van der Waals surface area contributed by atoms with Gasteiger partial charge in [0, 0.05) is 13.1 Å². The van der Waals surface area contributed by atoms with E-state index in [1.54, 1.807) is 6.20 Å². The van der Waals surface area contributed by atoms with Crippen molar-refractivity contribution in [2.75, 3.05) is 18.0 Å². The summed E-state index contributed by atoms with van der Waals surface area (Å²) < 4.78 is 1.83. The number of aryl methyl sites for hydroxylation is 1. The zero-order chi connectivity index (χ0) is 19.2. The second kappa shape index (κ2) is 6.51. The van der Waals surface area contributed by atoms with Crippen LogP contribution in [0.25, 0.3) is 11.0 Å². The van der Waals surface area contributed by atoms with Gasteiger partial charge in [0.1, 0.15) is 5.39 Å².